The summed E-state index contributed by atoms with van der Waals surface area (Å²) >= 11 is 0. The molecule has 0 aromatic rings. The van der Waals surface area contributed by atoms with Gasteiger partial charge in [-0.25, -0.2) is 0 Å². The minimum absolute atomic E-state index is 0.000702. The Labute approximate surface area is 138 Å². The van der Waals surface area contributed by atoms with Crippen molar-refractivity contribution in [3.63, 3.8) is 0 Å². The highest BCUT2D eigenvalue weighted by Gasteiger charge is 2.42. The van der Waals surface area contributed by atoms with Crippen LogP contribution in [0.4, 0.5) is 0 Å². The Balaban J connectivity index is 1.74. The van der Waals surface area contributed by atoms with Crippen LogP contribution in [0.3, 0.4) is 0 Å². The van der Waals surface area contributed by atoms with Crippen molar-refractivity contribution in [3.8, 4) is 0 Å². The van der Waals surface area contributed by atoms with Crippen LogP contribution in [0.15, 0.2) is 0 Å². The lowest BCUT2D eigenvalue weighted by atomic mass is 9.70. The van der Waals surface area contributed by atoms with Gasteiger partial charge in [0, 0.05) is 32.1 Å². The zero-order chi connectivity index (χ0) is 16.9. The van der Waals surface area contributed by atoms with Crippen molar-refractivity contribution < 1.29 is 23.9 Å². The van der Waals surface area contributed by atoms with E-state index in [0.717, 1.165) is 6.42 Å². The first kappa shape index (κ1) is 18.3. The molecule has 130 valence electrons. The van der Waals surface area contributed by atoms with E-state index >= 15 is 0 Å². The maximum Gasteiger partial charge on any atom is 0.168 e. The van der Waals surface area contributed by atoms with Crippen molar-refractivity contribution in [2.75, 3.05) is 13.2 Å². The van der Waals surface area contributed by atoms with Crippen molar-refractivity contribution in [1.82, 2.24) is 0 Å². The molecule has 2 aliphatic rings. The lowest BCUT2D eigenvalue weighted by Gasteiger charge is -2.30. The third-order valence-corrected chi connectivity index (χ3v) is 5.31. The second kappa shape index (κ2) is 7.67. The average Bonchev–Trinajstić information content (AvgIpc) is 3.00. The standard InChI is InChI=1S/C18H28O5/c1-3-18(22-12-13-23-18)10-5-6-14(19)9-11-17(2)15(20)7-4-8-16(17)21/h3-13H2,1-2H3. The van der Waals surface area contributed by atoms with Gasteiger partial charge in [-0.05, 0) is 32.6 Å². The molecule has 1 aliphatic heterocycles. The van der Waals surface area contributed by atoms with Crippen LogP contribution in [0, 0.1) is 5.41 Å². The Morgan fingerprint density at radius 1 is 1.04 bits per heavy atom. The van der Waals surface area contributed by atoms with Crippen molar-refractivity contribution in [3.05, 3.63) is 0 Å². The van der Waals surface area contributed by atoms with Crippen molar-refractivity contribution >= 4 is 17.3 Å². The normalized spacial score (nSPS) is 23.2. The first-order chi connectivity index (χ1) is 10.9. The number of rotatable bonds is 8. The zero-order valence-electron chi connectivity index (χ0n) is 14.3. The van der Waals surface area contributed by atoms with E-state index in [1.807, 2.05) is 6.92 Å². The van der Waals surface area contributed by atoms with E-state index in [0.29, 0.717) is 64.6 Å². The number of Topliss-reactive ketones (excluding diaryl/α,β-unsaturated/α-hetero) is 3. The lowest BCUT2D eigenvalue weighted by molar-refractivity contribution is -0.164. The Morgan fingerprint density at radius 2 is 1.65 bits per heavy atom. The smallest absolute Gasteiger partial charge is 0.168 e. The molecule has 0 aromatic heterocycles. The molecule has 0 bridgehead atoms. The van der Waals surface area contributed by atoms with E-state index < -0.39 is 11.2 Å². The molecule has 1 aliphatic carbocycles. The maximum atomic E-state index is 12.1. The molecule has 2 fully saturated rings. The minimum atomic E-state index is -0.934. The topological polar surface area (TPSA) is 69.7 Å². The van der Waals surface area contributed by atoms with Gasteiger partial charge in [0.15, 0.2) is 5.79 Å². The molecule has 1 saturated carbocycles. The molecule has 0 spiro atoms. The molecule has 0 amide bonds. The first-order valence-corrected chi connectivity index (χ1v) is 8.78. The molecule has 23 heavy (non-hydrogen) atoms. The van der Waals surface area contributed by atoms with Crippen LogP contribution in [0.1, 0.15) is 71.6 Å². The van der Waals surface area contributed by atoms with Gasteiger partial charge in [-0.3, -0.25) is 14.4 Å². The van der Waals surface area contributed by atoms with Crippen LogP contribution < -0.4 is 0 Å². The molecule has 0 atom stereocenters. The maximum absolute atomic E-state index is 12.1. The number of ether oxygens (including phenoxy) is 2. The third kappa shape index (κ3) is 4.27. The van der Waals surface area contributed by atoms with E-state index in [2.05, 4.69) is 0 Å². The monoisotopic (exact) mass is 324 g/mol. The van der Waals surface area contributed by atoms with Gasteiger partial charge < -0.3 is 9.47 Å². The first-order valence-electron chi connectivity index (χ1n) is 8.78. The van der Waals surface area contributed by atoms with E-state index in [9.17, 15) is 14.4 Å². The van der Waals surface area contributed by atoms with E-state index in [1.165, 1.54) is 0 Å². The van der Waals surface area contributed by atoms with Crippen LogP contribution in [0.5, 0.6) is 0 Å². The summed E-state index contributed by atoms with van der Waals surface area (Å²) in [5, 5.41) is 0. The van der Waals surface area contributed by atoms with Crippen molar-refractivity contribution in [2.45, 2.75) is 77.4 Å². The molecule has 5 heteroatoms. The summed E-state index contributed by atoms with van der Waals surface area (Å²) in [5.41, 5.74) is -0.934. The van der Waals surface area contributed by atoms with E-state index in [-0.39, 0.29) is 17.3 Å². The fourth-order valence-electron chi connectivity index (χ4n) is 3.49. The van der Waals surface area contributed by atoms with Gasteiger partial charge in [0.1, 0.15) is 17.3 Å². The number of hydrogen-bond donors (Lipinski definition) is 0. The Morgan fingerprint density at radius 3 is 2.22 bits per heavy atom. The van der Waals surface area contributed by atoms with Crippen molar-refractivity contribution in [2.24, 2.45) is 5.41 Å². The average molecular weight is 324 g/mol. The molecule has 0 N–H and O–H groups in total. The number of hydrogen-bond acceptors (Lipinski definition) is 5. The van der Waals surface area contributed by atoms with Crippen molar-refractivity contribution in [1.29, 1.82) is 0 Å². The molecule has 1 heterocycles. The lowest BCUT2D eigenvalue weighted by Crippen LogP contribution is -2.40. The van der Waals surface area contributed by atoms with Crippen LogP contribution in [-0.2, 0) is 23.9 Å². The third-order valence-electron chi connectivity index (χ3n) is 5.31. The molecule has 0 aromatic carbocycles. The van der Waals surface area contributed by atoms with Crippen LogP contribution in [-0.4, -0.2) is 36.4 Å². The van der Waals surface area contributed by atoms with Crippen LogP contribution in [0.2, 0.25) is 0 Å². The Kier molecular flexibility index (Phi) is 6.09. The second-order valence-corrected chi connectivity index (χ2v) is 6.89. The number of carbonyl (C=O) groups excluding carboxylic acids is 3. The van der Waals surface area contributed by atoms with Gasteiger partial charge in [-0.2, -0.15) is 0 Å². The summed E-state index contributed by atoms with van der Waals surface area (Å²) in [4.78, 5) is 36.2. The summed E-state index contributed by atoms with van der Waals surface area (Å²) < 4.78 is 11.3. The molecular formula is C18H28O5. The molecular weight excluding hydrogens is 296 g/mol. The Hall–Kier alpha value is -1.07. The van der Waals surface area contributed by atoms with Gasteiger partial charge in [-0.1, -0.05) is 6.92 Å². The van der Waals surface area contributed by atoms with Crippen LogP contribution >= 0.6 is 0 Å². The number of ketones is 3. The highest BCUT2D eigenvalue weighted by molar-refractivity contribution is 6.08. The summed E-state index contributed by atoms with van der Waals surface area (Å²) in [6, 6.07) is 0. The van der Waals surface area contributed by atoms with Gasteiger partial charge in [0.2, 0.25) is 0 Å². The van der Waals surface area contributed by atoms with E-state index in [1.54, 1.807) is 6.92 Å². The summed E-state index contributed by atoms with van der Waals surface area (Å²) in [5.74, 6) is -0.401. The molecule has 5 nitrogen and oxygen atoms in total. The highest BCUT2D eigenvalue weighted by atomic mass is 16.7. The number of carbonyl (C=O) groups is 3. The highest BCUT2D eigenvalue weighted by Crippen LogP contribution is 2.34. The Bertz CT molecular complexity index is 446. The predicted octanol–water partition coefficient (Wildman–Crippen LogP) is 2.99. The van der Waals surface area contributed by atoms with E-state index in [4.69, 9.17) is 9.47 Å². The summed E-state index contributed by atoms with van der Waals surface area (Å²) in [6.45, 7) is 4.96. The second-order valence-electron chi connectivity index (χ2n) is 6.89. The zero-order valence-corrected chi connectivity index (χ0v) is 14.3. The van der Waals surface area contributed by atoms with Crippen LogP contribution in [0.25, 0.3) is 0 Å². The summed E-state index contributed by atoms with van der Waals surface area (Å²) in [7, 11) is 0. The minimum Gasteiger partial charge on any atom is -0.348 e. The molecule has 0 unspecified atom stereocenters. The van der Waals surface area contributed by atoms with Gasteiger partial charge in [0.25, 0.3) is 0 Å². The van der Waals surface area contributed by atoms with Gasteiger partial charge >= 0.3 is 0 Å². The van der Waals surface area contributed by atoms with Gasteiger partial charge in [0.05, 0.1) is 18.6 Å². The molecule has 2 rings (SSSR count). The predicted molar refractivity (Wildman–Crippen MR) is 85.0 cm³/mol. The fourth-order valence-corrected chi connectivity index (χ4v) is 3.49. The molecule has 0 radical (unpaired) electrons. The largest absolute Gasteiger partial charge is 0.348 e. The van der Waals surface area contributed by atoms with Gasteiger partial charge in [-0.15, -0.1) is 0 Å². The summed E-state index contributed by atoms with van der Waals surface area (Å²) in [6.07, 6.45) is 4.89. The SMILES string of the molecule is CCC1(CCCC(=O)CCC2(C)C(=O)CCCC2=O)OCCO1. The fraction of sp³-hybridized carbons (Fsp3) is 0.833. The molecule has 1 saturated heterocycles. The quantitative estimate of drug-likeness (QED) is 0.642.